The van der Waals surface area contributed by atoms with E-state index in [2.05, 4.69) is 28.5 Å². The molecule has 0 saturated heterocycles. The summed E-state index contributed by atoms with van der Waals surface area (Å²) in [5.41, 5.74) is 1.81. The van der Waals surface area contributed by atoms with Gasteiger partial charge >= 0.3 is 0 Å². The minimum absolute atomic E-state index is 0.275. The number of aliphatic carboxylic acids is 1. The number of carboxylic acids is 1. The predicted octanol–water partition coefficient (Wildman–Crippen LogP) is 3.46. The van der Waals surface area contributed by atoms with Crippen molar-refractivity contribution in [2.45, 2.75) is 25.7 Å². The predicted molar refractivity (Wildman–Crippen MR) is 104 cm³/mol. The van der Waals surface area contributed by atoms with E-state index in [9.17, 15) is 14.7 Å². The maximum Gasteiger partial charge on any atom is 0.229 e. The molecular formula is C21H19N2O3S-. The van der Waals surface area contributed by atoms with Gasteiger partial charge in [0.1, 0.15) is 0 Å². The molecule has 0 spiro atoms. The molecule has 2 aromatic carbocycles. The summed E-state index contributed by atoms with van der Waals surface area (Å²) in [6.45, 7) is 0. The molecule has 4 rings (SSSR count). The second kappa shape index (κ2) is 7.48. The molecule has 27 heavy (non-hydrogen) atoms. The molecule has 5 nitrogen and oxygen atoms in total. The van der Waals surface area contributed by atoms with E-state index in [1.54, 1.807) is 0 Å². The van der Waals surface area contributed by atoms with Crippen molar-refractivity contribution >= 4 is 39.1 Å². The van der Waals surface area contributed by atoms with Crippen molar-refractivity contribution < 1.29 is 14.7 Å². The van der Waals surface area contributed by atoms with E-state index < -0.39 is 17.8 Å². The van der Waals surface area contributed by atoms with Gasteiger partial charge in [-0.05, 0) is 23.6 Å². The van der Waals surface area contributed by atoms with Gasteiger partial charge in [-0.25, -0.2) is 4.98 Å². The lowest BCUT2D eigenvalue weighted by Crippen LogP contribution is -2.42. The lowest BCUT2D eigenvalue weighted by molar-refractivity contribution is -0.313. The van der Waals surface area contributed by atoms with Crippen molar-refractivity contribution in [3.05, 3.63) is 47.8 Å². The monoisotopic (exact) mass is 379 g/mol. The largest absolute Gasteiger partial charge is 0.550 e. The van der Waals surface area contributed by atoms with Gasteiger partial charge in [0.25, 0.3) is 0 Å². The molecule has 0 unspecified atom stereocenters. The number of hydrogen-bond acceptors (Lipinski definition) is 5. The molecule has 1 amide bonds. The van der Waals surface area contributed by atoms with Crippen molar-refractivity contribution in [1.29, 1.82) is 0 Å². The Morgan fingerprint density at radius 1 is 1.04 bits per heavy atom. The number of aromatic nitrogens is 1. The van der Waals surface area contributed by atoms with Crippen LogP contribution in [-0.4, -0.2) is 16.9 Å². The highest BCUT2D eigenvalue weighted by Gasteiger charge is 2.32. The van der Waals surface area contributed by atoms with E-state index in [-0.39, 0.29) is 5.91 Å². The molecule has 1 saturated carbocycles. The molecule has 2 atom stereocenters. The second-order valence-corrected chi connectivity index (χ2v) is 7.73. The number of amides is 1. The fraction of sp³-hybridized carbons (Fsp3) is 0.286. The van der Waals surface area contributed by atoms with E-state index >= 15 is 0 Å². The maximum absolute atomic E-state index is 12.6. The smallest absolute Gasteiger partial charge is 0.229 e. The fourth-order valence-corrected chi connectivity index (χ4v) is 4.54. The second-order valence-electron chi connectivity index (χ2n) is 6.87. The Labute approximate surface area is 161 Å². The Hall–Kier alpha value is -2.73. The van der Waals surface area contributed by atoms with Gasteiger partial charge in [0.15, 0.2) is 5.13 Å². The highest BCUT2D eigenvalue weighted by Crippen LogP contribution is 2.33. The van der Waals surface area contributed by atoms with E-state index in [1.807, 2.05) is 29.6 Å². The molecule has 0 radical (unpaired) electrons. The third-order valence-electron chi connectivity index (χ3n) is 5.21. The number of thiazole rings is 1. The molecule has 1 aromatic heterocycles. The fourth-order valence-electron chi connectivity index (χ4n) is 3.83. The Kier molecular flexibility index (Phi) is 4.90. The Morgan fingerprint density at radius 3 is 2.59 bits per heavy atom. The van der Waals surface area contributed by atoms with Crippen LogP contribution in [0.1, 0.15) is 25.7 Å². The standard InChI is InChI=1S/C21H20N2O3S/c24-19(16-9-3-4-10-17(16)20(25)26)23-21-22-18(12-27-21)15-11-5-7-13-6-1-2-8-14(13)15/h1-2,5-8,11-12,16-17H,3-4,9-10H2,(H,25,26)(H,22,23,24)/p-1/t16-,17+/m1/s1. The minimum atomic E-state index is -1.13. The lowest BCUT2D eigenvalue weighted by Gasteiger charge is -2.30. The van der Waals surface area contributed by atoms with Gasteiger partial charge in [-0.3, -0.25) is 4.79 Å². The third kappa shape index (κ3) is 3.57. The number of rotatable bonds is 4. The molecule has 138 valence electrons. The molecule has 0 aliphatic heterocycles. The van der Waals surface area contributed by atoms with Crippen molar-refractivity contribution in [3.8, 4) is 11.3 Å². The van der Waals surface area contributed by atoms with Crippen LogP contribution in [0.25, 0.3) is 22.0 Å². The molecule has 1 heterocycles. The first kappa shape index (κ1) is 17.7. The van der Waals surface area contributed by atoms with Gasteiger partial charge in [0, 0.05) is 28.7 Å². The van der Waals surface area contributed by atoms with Gasteiger partial charge in [0.05, 0.1) is 5.69 Å². The Balaban J connectivity index is 1.56. The van der Waals surface area contributed by atoms with Crippen LogP contribution in [0.15, 0.2) is 47.8 Å². The van der Waals surface area contributed by atoms with Gasteiger partial charge in [-0.1, -0.05) is 55.3 Å². The van der Waals surface area contributed by atoms with E-state index in [0.29, 0.717) is 18.0 Å². The average Bonchev–Trinajstić information content (AvgIpc) is 3.15. The minimum Gasteiger partial charge on any atom is -0.550 e. The number of carboxylic acid groups (broad SMARTS) is 1. The van der Waals surface area contributed by atoms with Gasteiger partial charge in [0.2, 0.25) is 5.91 Å². The van der Waals surface area contributed by atoms with Gasteiger partial charge in [-0.2, -0.15) is 0 Å². The first-order chi connectivity index (χ1) is 13.1. The Morgan fingerprint density at radius 2 is 1.78 bits per heavy atom. The number of benzene rings is 2. The van der Waals surface area contributed by atoms with Crippen molar-refractivity contribution in [3.63, 3.8) is 0 Å². The number of hydrogen-bond donors (Lipinski definition) is 1. The van der Waals surface area contributed by atoms with Crippen molar-refractivity contribution in [2.75, 3.05) is 5.32 Å². The molecule has 0 bridgehead atoms. The number of anilines is 1. The van der Waals surface area contributed by atoms with E-state index in [4.69, 9.17) is 0 Å². The molecule has 1 N–H and O–H groups in total. The topological polar surface area (TPSA) is 82.1 Å². The summed E-state index contributed by atoms with van der Waals surface area (Å²) in [7, 11) is 0. The van der Waals surface area contributed by atoms with E-state index in [1.165, 1.54) is 11.3 Å². The van der Waals surface area contributed by atoms with Crippen LogP contribution in [0, 0.1) is 11.8 Å². The van der Waals surface area contributed by atoms with Crippen LogP contribution < -0.4 is 10.4 Å². The summed E-state index contributed by atoms with van der Waals surface area (Å²) < 4.78 is 0. The number of carbonyl (C=O) groups excluding carboxylic acids is 2. The number of carbonyl (C=O) groups is 2. The summed E-state index contributed by atoms with van der Waals surface area (Å²) >= 11 is 1.35. The van der Waals surface area contributed by atoms with Crippen LogP contribution >= 0.6 is 11.3 Å². The maximum atomic E-state index is 12.6. The number of fused-ring (bicyclic) bond motifs is 1. The summed E-state index contributed by atoms with van der Waals surface area (Å²) in [6, 6.07) is 14.1. The van der Waals surface area contributed by atoms with Crippen LogP contribution in [0.3, 0.4) is 0 Å². The first-order valence-corrected chi connectivity index (χ1v) is 9.97. The SMILES string of the molecule is O=C([O-])[C@H]1CCCC[C@H]1C(=O)Nc1nc(-c2cccc3ccccc23)cs1. The zero-order valence-corrected chi connectivity index (χ0v) is 15.5. The first-order valence-electron chi connectivity index (χ1n) is 9.09. The van der Waals surface area contributed by atoms with Gasteiger partial charge < -0.3 is 15.2 Å². The van der Waals surface area contributed by atoms with Crippen LogP contribution in [0.4, 0.5) is 5.13 Å². The number of nitrogens with zero attached hydrogens (tertiary/aromatic N) is 1. The zero-order valence-electron chi connectivity index (χ0n) is 14.7. The van der Waals surface area contributed by atoms with Gasteiger partial charge in [-0.15, -0.1) is 11.3 Å². The summed E-state index contributed by atoms with van der Waals surface area (Å²) in [5, 5.41) is 18.8. The van der Waals surface area contributed by atoms with E-state index in [0.717, 1.165) is 34.9 Å². The molecule has 3 aromatic rings. The highest BCUT2D eigenvalue weighted by atomic mass is 32.1. The summed E-state index contributed by atoms with van der Waals surface area (Å²) in [6.07, 6.45) is 2.76. The molecule has 1 aliphatic carbocycles. The van der Waals surface area contributed by atoms with Crippen molar-refractivity contribution in [2.24, 2.45) is 11.8 Å². The Bertz CT molecular complexity index is 993. The molecule has 6 heteroatoms. The van der Waals surface area contributed by atoms with Crippen LogP contribution in [-0.2, 0) is 9.59 Å². The molecule has 1 aliphatic rings. The molecule has 1 fully saturated rings. The lowest BCUT2D eigenvalue weighted by atomic mass is 9.79. The van der Waals surface area contributed by atoms with Crippen molar-refractivity contribution in [1.82, 2.24) is 4.98 Å². The van der Waals surface area contributed by atoms with Crippen LogP contribution in [0.5, 0.6) is 0 Å². The summed E-state index contributed by atoms with van der Waals surface area (Å²) in [4.78, 5) is 28.5. The summed E-state index contributed by atoms with van der Waals surface area (Å²) in [5.74, 6) is -2.67. The van der Waals surface area contributed by atoms with Crippen LogP contribution in [0.2, 0.25) is 0 Å². The zero-order chi connectivity index (χ0) is 18.8. The molecular weight excluding hydrogens is 360 g/mol. The normalized spacial score (nSPS) is 19.7. The third-order valence-corrected chi connectivity index (χ3v) is 5.96. The number of nitrogens with one attached hydrogen (secondary N) is 1. The quantitative estimate of drug-likeness (QED) is 0.753. The average molecular weight is 379 g/mol. The highest BCUT2D eigenvalue weighted by molar-refractivity contribution is 7.14.